The Labute approximate surface area is 605 Å². The van der Waals surface area contributed by atoms with Crippen LogP contribution in [0.1, 0.15) is 395 Å². The summed E-state index contributed by atoms with van der Waals surface area (Å²) < 4.78 is 68.6. The Morgan fingerprint density at radius 3 is 0.909 bits per heavy atom. The van der Waals surface area contributed by atoms with E-state index in [0.717, 1.165) is 121 Å². The first-order valence-corrected chi connectivity index (χ1v) is 43.8. The van der Waals surface area contributed by atoms with Crippen molar-refractivity contribution in [2.75, 3.05) is 39.6 Å². The number of phosphoric acid groups is 2. The Hall–Kier alpha value is -2.46. The fourth-order valence-electron chi connectivity index (χ4n) is 11.8. The van der Waals surface area contributed by atoms with E-state index in [9.17, 15) is 43.2 Å². The summed E-state index contributed by atoms with van der Waals surface area (Å²) in [6, 6.07) is 0. The number of ether oxygens (including phenoxy) is 4. The third kappa shape index (κ3) is 72.3. The Morgan fingerprint density at radius 2 is 0.596 bits per heavy atom. The summed E-state index contributed by atoms with van der Waals surface area (Å²) in [5, 5.41) is 10.6. The molecule has 0 aromatic rings. The summed E-state index contributed by atoms with van der Waals surface area (Å²) in [4.78, 5) is 72.9. The molecule has 17 nitrogen and oxygen atoms in total. The maximum absolute atomic E-state index is 13.1. The number of phosphoric ester groups is 2. The lowest BCUT2D eigenvalue weighted by Gasteiger charge is -2.21. The Balaban J connectivity index is 5.27. The number of hydrogen-bond acceptors (Lipinski definition) is 15. The van der Waals surface area contributed by atoms with E-state index in [4.69, 9.17) is 37.0 Å². The minimum atomic E-state index is -4.97. The van der Waals surface area contributed by atoms with E-state index < -0.39 is 97.5 Å². The van der Waals surface area contributed by atoms with Gasteiger partial charge in [0.25, 0.3) is 0 Å². The molecule has 19 heteroatoms. The van der Waals surface area contributed by atoms with Crippen molar-refractivity contribution in [2.24, 2.45) is 11.8 Å². The molecule has 0 radical (unpaired) electrons. The molecule has 584 valence electrons. The number of hydrogen-bond donors (Lipinski definition) is 3. The zero-order valence-corrected chi connectivity index (χ0v) is 66.1. The van der Waals surface area contributed by atoms with Crippen LogP contribution in [0.15, 0.2) is 24.3 Å². The number of carbonyl (C=O) groups is 4. The molecule has 0 heterocycles. The lowest BCUT2D eigenvalue weighted by atomic mass is 9.99. The SMILES string of the molecule is CCCCCC/C=C\C=C/CCCCCCCC(=O)OC[C@H](COP(=O)(O)OC[C@@H](O)COP(=O)(O)OC[C@@H](COC(=O)CCCCCCCCCC(C)C)OC(=O)CCCCCCCCCCCCC(C)CC)OC(=O)CCCCCCCCCCCCCCCCCCCCCC. The van der Waals surface area contributed by atoms with Crippen molar-refractivity contribution >= 4 is 39.5 Å². The van der Waals surface area contributed by atoms with Gasteiger partial charge in [0, 0.05) is 25.7 Å². The maximum atomic E-state index is 13.1. The third-order valence-electron chi connectivity index (χ3n) is 18.4. The Bertz CT molecular complexity index is 2000. The molecule has 0 fully saturated rings. The second-order valence-electron chi connectivity index (χ2n) is 28.8. The first-order chi connectivity index (χ1) is 47.9. The minimum absolute atomic E-state index is 0.102. The van der Waals surface area contributed by atoms with Gasteiger partial charge in [0.1, 0.15) is 19.3 Å². The van der Waals surface area contributed by atoms with Gasteiger partial charge in [-0.1, -0.05) is 342 Å². The first-order valence-electron chi connectivity index (χ1n) is 40.8. The number of esters is 4. The highest BCUT2D eigenvalue weighted by Crippen LogP contribution is 2.45. The Morgan fingerprint density at radius 1 is 0.333 bits per heavy atom. The smallest absolute Gasteiger partial charge is 0.462 e. The van der Waals surface area contributed by atoms with Crippen molar-refractivity contribution in [2.45, 2.75) is 413 Å². The van der Waals surface area contributed by atoms with Crippen molar-refractivity contribution < 1.29 is 80.2 Å². The standard InChI is InChI=1S/C80H152O17P2/c1-7-10-12-14-16-18-20-22-24-25-26-27-28-30-32-34-39-45-52-58-64-79(84)96-75(68-90-77(82)62-56-50-44-38-33-31-29-23-21-19-17-15-13-11-8-2)70-94-98(86,87)92-66-74(81)67-93-99(88,89)95-71-76(69-91-78(83)63-57-51-47-41-42-48-54-60-72(4)5)97-80(85)65-59-53-46-40-36-35-37-43-49-55-61-73(6)9-3/h19,21,23,29,72-76,81H,7-18,20,22,24-28,30-71H2,1-6H3,(H,86,87)(H,88,89)/b21-19-,29-23-/t73?,74-,75-,76-/m1/s1. The summed E-state index contributed by atoms with van der Waals surface area (Å²) in [5.41, 5.74) is 0. The van der Waals surface area contributed by atoms with Crippen LogP contribution in [0, 0.1) is 11.8 Å². The normalized spacial score (nSPS) is 14.4. The molecular weight excluding hydrogens is 1290 g/mol. The van der Waals surface area contributed by atoms with Crippen molar-refractivity contribution in [3.63, 3.8) is 0 Å². The zero-order valence-electron chi connectivity index (χ0n) is 64.3. The molecular formula is C80H152O17P2. The number of aliphatic hydroxyl groups excluding tert-OH is 1. The van der Waals surface area contributed by atoms with Crippen molar-refractivity contribution in [1.82, 2.24) is 0 Å². The van der Waals surface area contributed by atoms with Gasteiger partial charge in [-0.2, -0.15) is 0 Å². The van der Waals surface area contributed by atoms with Gasteiger partial charge in [-0.3, -0.25) is 37.3 Å². The van der Waals surface area contributed by atoms with E-state index in [1.54, 1.807) is 0 Å². The Kier molecular flexibility index (Phi) is 69.4. The van der Waals surface area contributed by atoms with E-state index >= 15 is 0 Å². The largest absolute Gasteiger partial charge is 0.472 e. The van der Waals surface area contributed by atoms with E-state index in [-0.39, 0.29) is 25.7 Å². The van der Waals surface area contributed by atoms with Crippen LogP contribution in [0.2, 0.25) is 0 Å². The molecule has 0 spiro atoms. The molecule has 0 aliphatic rings. The molecule has 0 rings (SSSR count). The van der Waals surface area contributed by atoms with Crippen LogP contribution in [0.5, 0.6) is 0 Å². The molecule has 0 amide bonds. The fourth-order valence-corrected chi connectivity index (χ4v) is 13.4. The summed E-state index contributed by atoms with van der Waals surface area (Å²) >= 11 is 0. The zero-order chi connectivity index (χ0) is 72.8. The van der Waals surface area contributed by atoms with Crippen LogP contribution in [-0.4, -0.2) is 96.7 Å². The topological polar surface area (TPSA) is 237 Å². The summed E-state index contributed by atoms with van der Waals surface area (Å²) in [7, 11) is -9.93. The van der Waals surface area contributed by atoms with Gasteiger partial charge in [0.15, 0.2) is 12.2 Å². The van der Waals surface area contributed by atoms with Crippen LogP contribution in [0.4, 0.5) is 0 Å². The van der Waals surface area contributed by atoms with E-state index in [1.807, 2.05) is 0 Å². The second-order valence-corrected chi connectivity index (χ2v) is 31.7. The van der Waals surface area contributed by atoms with Crippen LogP contribution < -0.4 is 0 Å². The number of rotatable bonds is 77. The van der Waals surface area contributed by atoms with Gasteiger partial charge in [-0.05, 0) is 63.2 Å². The van der Waals surface area contributed by atoms with Crippen molar-refractivity contribution in [3.05, 3.63) is 24.3 Å². The third-order valence-corrected chi connectivity index (χ3v) is 20.3. The van der Waals surface area contributed by atoms with Gasteiger partial charge in [0.05, 0.1) is 26.4 Å². The molecule has 0 aromatic heterocycles. The number of unbranched alkanes of at least 4 members (excludes halogenated alkanes) is 43. The summed E-state index contributed by atoms with van der Waals surface area (Å²) in [5.74, 6) is -0.638. The monoisotopic (exact) mass is 1450 g/mol. The molecule has 0 aliphatic carbocycles. The number of allylic oxidation sites excluding steroid dienone is 4. The highest BCUT2D eigenvalue weighted by atomic mass is 31.2. The van der Waals surface area contributed by atoms with Crippen LogP contribution >= 0.6 is 15.6 Å². The van der Waals surface area contributed by atoms with E-state index in [2.05, 4.69) is 65.8 Å². The molecule has 0 aliphatic heterocycles. The van der Waals surface area contributed by atoms with Crippen LogP contribution in [-0.2, 0) is 65.4 Å². The predicted molar refractivity (Wildman–Crippen MR) is 404 cm³/mol. The molecule has 0 bridgehead atoms. The second kappa shape index (κ2) is 71.2. The summed E-state index contributed by atoms with van der Waals surface area (Å²) in [6.45, 7) is 9.52. The van der Waals surface area contributed by atoms with Gasteiger partial charge in [0.2, 0.25) is 0 Å². The molecule has 0 aromatic carbocycles. The molecule has 0 saturated carbocycles. The average molecular weight is 1450 g/mol. The van der Waals surface area contributed by atoms with Crippen LogP contribution in [0.25, 0.3) is 0 Å². The quantitative estimate of drug-likeness (QED) is 0.0169. The van der Waals surface area contributed by atoms with Crippen molar-refractivity contribution in [1.29, 1.82) is 0 Å². The van der Waals surface area contributed by atoms with Gasteiger partial charge < -0.3 is 33.8 Å². The van der Waals surface area contributed by atoms with Crippen molar-refractivity contribution in [3.8, 4) is 0 Å². The lowest BCUT2D eigenvalue weighted by molar-refractivity contribution is -0.161. The predicted octanol–water partition coefficient (Wildman–Crippen LogP) is 23.4. The van der Waals surface area contributed by atoms with Gasteiger partial charge in [-0.25, -0.2) is 9.13 Å². The number of carbonyl (C=O) groups excluding carboxylic acids is 4. The minimum Gasteiger partial charge on any atom is -0.462 e. The fraction of sp³-hybridized carbons (Fsp3) is 0.900. The van der Waals surface area contributed by atoms with E-state index in [0.29, 0.717) is 31.6 Å². The van der Waals surface area contributed by atoms with Gasteiger partial charge in [-0.15, -0.1) is 0 Å². The molecule has 3 unspecified atom stereocenters. The molecule has 99 heavy (non-hydrogen) atoms. The summed E-state index contributed by atoms with van der Waals surface area (Å²) in [6.07, 6.45) is 63.3. The average Bonchev–Trinajstić information content (AvgIpc) is 1.12. The highest BCUT2D eigenvalue weighted by Gasteiger charge is 2.30. The van der Waals surface area contributed by atoms with E-state index in [1.165, 1.54) is 186 Å². The molecule has 0 saturated heterocycles. The lowest BCUT2D eigenvalue weighted by Crippen LogP contribution is -2.30. The molecule has 3 N–H and O–H groups in total. The van der Waals surface area contributed by atoms with Crippen LogP contribution in [0.3, 0.4) is 0 Å². The maximum Gasteiger partial charge on any atom is 0.472 e. The first kappa shape index (κ1) is 96.5. The number of aliphatic hydroxyl groups is 1. The van der Waals surface area contributed by atoms with Gasteiger partial charge >= 0.3 is 39.5 Å². The highest BCUT2D eigenvalue weighted by molar-refractivity contribution is 7.47. The molecule has 6 atom stereocenters.